The lowest BCUT2D eigenvalue weighted by molar-refractivity contribution is -0.100. The molecule has 0 radical (unpaired) electrons. The molecule has 0 saturated carbocycles. The van der Waals surface area contributed by atoms with Gasteiger partial charge in [0.25, 0.3) is 0 Å². The maximum absolute atomic E-state index is 13.7. The van der Waals surface area contributed by atoms with E-state index in [1.165, 1.54) is 5.56 Å². The summed E-state index contributed by atoms with van der Waals surface area (Å²) in [6.07, 6.45) is 2.73. The highest BCUT2D eigenvalue weighted by Crippen LogP contribution is 2.28. The number of hydrogen-bond acceptors (Lipinski definition) is 4. The number of nitrogens with zero attached hydrogens (tertiary/aromatic N) is 1. The molecule has 1 aromatic rings. The summed E-state index contributed by atoms with van der Waals surface area (Å²) in [5.41, 5.74) is 7.49. The Kier molecular flexibility index (Phi) is 5.08. The van der Waals surface area contributed by atoms with Gasteiger partial charge in [-0.2, -0.15) is 0 Å². The van der Waals surface area contributed by atoms with E-state index < -0.39 is 0 Å². The first-order valence-corrected chi connectivity index (χ1v) is 8.25. The molecule has 3 N–H and O–H groups in total. The van der Waals surface area contributed by atoms with E-state index in [0.29, 0.717) is 13.0 Å². The van der Waals surface area contributed by atoms with Crippen molar-refractivity contribution in [1.82, 2.24) is 10.2 Å². The fraction of sp³-hybridized carbons (Fsp3) is 0.647. The fourth-order valence-electron chi connectivity index (χ4n) is 3.48. The number of likely N-dealkylation sites (tertiary alicyclic amines) is 1. The molecule has 0 aromatic heterocycles. The second kappa shape index (κ2) is 7.04. The van der Waals surface area contributed by atoms with Gasteiger partial charge < -0.3 is 15.8 Å². The third-order valence-corrected chi connectivity index (χ3v) is 4.83. The average Bonchev–Trinajstić information content (AvgIpc) is 2.54. The standard InChI is InChI=1S/C17H26FN3O/c18-16-2-1-14(11-15(16)3-6-19)12-21-8-4-17(5-9-21)13-20-7-10-22-17/h1-2,11,20H,3-10,12-13,19H2. The minimum absolute atomic E-state index is 0.0439. The molecular formula is C17H26FN3O. The van der Waals surface area contributed by atoms with Crippen LogP contribution in [0, 0.1) is 5.82 Å². The lowest BCUT2D eigenvalue weighted by atomic mass is 9.90. The van der Waals surface area contributed by atoms with Crippen molar-refractivity contribution >= 4 is 0 Å². The summed E-state index contributed by atoms with van der Waals surface area (Å²) in [5, 5.41) is 3.44. The molecule has 2 aliphatic heterocycles. The maximum atomic E-state index is 13.7. The molecule has 0 aliphatic carbocycles. The van der Waals surface area contributed by atoms with Crippen molar-refractivity contribution in [1.29, 1.82) is 0 Å². The predicted octanol–water partition coefficient (Wildman–Crippen LogP) is 1.28. The lowest BCUT2D eigenvalue weighted by Gasteiger charge is -2.44. The Bertz CT molecular complexity index is 493. The Balaban J connectivity index is 1.57. The molecule has 0 bridgehead atoms. The van der Waals surface area contributed by atoms with E-state index in [4.69, 9.17) is 10.5 Å². The number of halogens is 1. The van der Waals surface area contributed by atoms with Gasteiger partial charge in [-0.25, -0.2) is 4.39 Å². The Morgan fingerprint density at radius 3 is 2.82 bits per heavy atom. The summed E-state index contributed by atoms with van der Waals surface area (Å²) >= 11 is 0. The van der Waals surface area contributed by atoms with Gasteiger partial charge in [0.1, 0.15) is 5.82 Å². The predicted molar refractivity (Wildman–Crippen MR) is 85.2 cm³/mol. The average molecular weight is 307 g/mol. The molecule has 1 aromatic carbocycles. The quantitative estimate of drug-likeness (QED) is 0.880. The molecule has 1 spiro atoms. The molecule has 22 heavy (non-hydrogen) atoms. The van der Waals surface area contributed by atoms with Crippen LogP contribution in [0.15, 0.2) is 18.2 Å². The van der Waals surface area contributed by atoms with Crippen LogP contribution >= 0.6 is 0 Å². The summed E-state index contributed by atoms with van der Waals surface area (Å²) in [5.74, 6) is -0.145. The Morgan fingerprint density at radius 1 is 1.32 bits per heavy atom. The van der Waals surface area contributed by atoms with Gasteiger partial charge in [-0.3, -0.25) is 4.90 Å². The summed E-state index contributed by atoms with van der Waals surface area (Å²) < 4.78 is 19.7. The van der Waals surface area contributed by atoms with Gasteiger partial charge in [-0.15, -0.1) is 0 Å². The number of rotatable bonds is 4. The summed E-state index contributed by atoms with van der Waals surface area (Å²) in [4.78, 5) is 2.43. The molecule has 0 unspecified atom stereocenters. The molecule has 0 atom stereocenters. The molecule has 2 fully saturated rings. The van der Waals surface area contributed by atoms with Gasteiger partial charge in [0.15, 0.2) is 0 Å². The van der Waals surface area contributed by atoms with Crippen LogP contribution in [0.4, 0.5) is 4.39 Å². The SMILES string of the molecule is NCCc1cc(CN2CCC3(CC2)CNCCO3)ccc1F. The van der Waals surface area contributed by atoms with Crippen LogP contribution < -0.4 is 11.1 Å². The van der Waals surface area contributed by atoms with Crippen LogP contribution in [0.5, 0.6) is 0 Å². The summed E-state index contributed by atoms with van der Waals surface area (Å²) in [7, 11) is 0. The normalized spacial score (nSPS) is 22.1. The van der Waals surface area contributed by atoms with Gasteiger partial charge in [-0.1, -0.05) is 12.1 Å². The number of hydrogen-bond donors (Lipinski definition) is 2. The molecule has 3 rings (SSSR count). The third-order valence-electron chi connectivity index (χ3n) is 4.83. The highest BCUT2D eigenvalue weighted by Gasteiger charge is 2.36. The largest absolute Gasteiger partial charge is 0.372 e. The Labute approximate surface area is 131 Å². The van der Waals surface area contributed by atoms with E-state index in [0.717, 1.165) is 57.7 Å². The van der Waals surface area contributed by atoms with Gasteiger partial charge in [-0.05, 0) is 43.0 Å². The van der Waals surface area contributed by atoms with Gasteiger partial charge in [0.05, 0.1) is 12.2 Å². The van der Waals surface area contributed by atoms with E-state index in [9.17, 15) is 4.39 Å². The van der Waals surface area contributed by atoms with E-state index in [1.807, 2.05) is 12.1 Å². The van der Waals surface area contributed by atoms with Gasteiger partial charge >= 0.3 is 0 Å². The smallest absolute Gasteiger partial charge is 0.126 e. The summed E-state index contributed by atoms with van der Waals surface area (Å²) in [6, 6.07) is 5.42. The highest BCUT2D eigenvalue weighted by molar-refractivity contribution is 5.25. The van der Waals surface area contributed by atoms with Crippen molar-refractivity contribution in [3.63, 3.8) is 0 Å². The van der Waals surface area contributed by atoms with Crippen molar-refractivity contribution in [2.75, 3.05) is 39.3 Å². The molecule has 0 amide bonds. The topological polar surface area (TPSA) is 50.5 Å². The van der Waals surface area contributed by atoms with Crippen molar-refractivity contribution < 1.29 is 9.13 Å². The number of benzene rings is 1. The van der Waals surface area contributed by atoms with Gasteiger partial charge in [0, 0.05) is 32.7 Å². The zero-order valence-electron chi connectivity index (χ0n) is 13.1. The number of piperidine rings is 1. The van der Waals surface area contributed by atoms with Crippen LogP contribution in [0.25, 0.3) is 0 Å². The molecule has 5 heteroatoms. The van der Waals surface area contributed by atoms with Crippen molar-refractivity contribution in [2.45, 2.75) is 31.4 Å². The second-order valence-corrected chi connectivity index (χ2v) is 6.45. The lowest BCUT2D eigenvalue weighted by Crippen LogP contribution is -2.55. The first kappa shape index (κ1) is 15.9. The van der Waals surface area contributed by atoms with Crippen LogP contribution in [-0.2, 0) is 17.7 Å². The minimum atomic E-state index is -0.145. The molecule has 2 aliphatic rings. The fourth-order valence-corrected chi connectivity index (χ4v) is 3.48. The zero-order chi connectivity index (χ0) is 15.4. The number of ether oxygens (including phenoxy) is 1. The van der Waals surface area contributed by atoms with E-state index in [2.05, 4.69) is 10.2 Å². The highest BCUT2D eigenvalue weighted by atomic mass is 19.1. The van der Waals surface area contributed by atoms with Crippen molar-refractivity contribution in [3.05, 3.63) is 35.1 Å². The first-order chi connectivity index (χ1) is 10.7. The molecule has 122 valence electrons. The van der Waals surface area contributed by atoms with Crippen LogP contribution in [0.2, 0.25) is 0 Å². The van der Waals surface area contributed by atoms with Crippen LogP contribution in [0.3, 0.4) is 0 Å². The number of nitrogens with two attached hydrogens (primary N) is 1. The van der Waals surface area contributed by atoms with E-state index in [-0.39, 0.29) is 11.4 Å². The third kappa shape index (κ3) is 3.66. The van der Waals surface area contributed by atoms with Crippen LogP contribution in [0.1, 0.15) is 24.0 Å². The molecule has 2 heterocycles. The number of morpholine rings is 1. The van der Waals surface area contributed by atoms with Gasteiger partial charge in [0.2, 0.25) is 0 Å². The summed E-state index contributed by atoms with van der Waals surface area (Å²) in [6.45, 7) is 6.18. The zero-order valence-corrected chi connectivity index (χ0v) is 13.1. The number of nitrogens with one attached hydrogen (secondary N) is 1. The van der Waals surface area contributed by atoms with E-state index >= 15 is 0 Å². The monoisotopic (exact) mass is 307 g/mol. The van der Waals surface area contributed by atoms with Crippen molar-refractivity contribution in [3.8, 4) is 0 Å². The van der Waals surface area contributed by atoms with E-state index in [1.54, 1.807) is 6.07 Å². The molecule has 2 saturated heterocycles. The molecular weight excluding hydrogens is 281 g/mol. The Hall–Kier alpha value is -1.01. The Morgan fingerprint density at radius 2 is 2.14 bits per heavy atom. The van der Waals surface area contributed by atoms with Crippen molar-refractivity contribution in [2.24, 2.45) is 5.73 Å². The first-order valence-electron chi connectivity index (χ1n) is 8.25. The minimum Gasteiger partial charge on any atom is -0.372 e. The maximum Gasteiger partial charge on any atom is 0.126 e. The molecule has 4 nitrogen and oxygen atoms in total. The second-order valence-electron chi connectivity index (χ2n) is 6.45. The van der Waals surface area contributed by atoms with Crippen LogP contribution in [-0.4, -0.2) is 49.8 Å².